The van der Waals surface area contributed by atoms with Gasteiger partial charge < -0.3 is 5.32 Å². The molecule has 0 spiro atoms. The molecule has 1 unspecified atom stereocenters. The topological polar surface area (TPSA) is 12.0 Å². The molecule has 2 aromatic rings. The van der Waals surface area contributed by atoms with Crippen molar-refractivity contribution >= 4 is 38.9 Å². The monoisotopic (exact) mass is 361 g/mol. The number of rotatable bonds is 3. The highest BCUT2D eigenvalue weighted by molar-refractivity contribution is 9.10. The van der Waals surface area contributed by atoms with Crippen molar-refractivity contribution in [3.8, 4) is 0 Å². The van der Waals surface area contributed by atoms with E-state index in [1.54, 1.807) is 17.4 Å². The molecule has 0 aliphatic heterocycles. The van der Waals surface area contributed by atoms with Gasteiger partial charge in [-0.2, -0.15) is 0 Å². The highest BCUT2D eigenvalue weighted by atomic mass is 79.9. The van der Waals surface area contributed by atoms with E-state index < -0.39 is 0 Å². The molecule has 1 N–H and O–H groups in total. The first-order chi connectivity index (χ1) is 8.93. The first kappa shape index (κ1) is 15.0. The summed E-state index contributed by atoms with van der Waals surface area (Å²) < 4.78 is 14.7. The van der Waals surface area contributed by atoms with Gasteiger partial charge in [0.15, 0.2) is 0 Å². The number of aryl methyl sites for hydroxylation is 2. The Balaban J connectivity index is 2.50. The number of halogens is 3. The van der Waals surface area contributed by atoms with Gasteiger partial charge in [0, 0.05) is 19.8 Å². The van der Waals surface area contributed by atoms with Crippen LogP contribution in [0.3, 0.4) is 0 Å². The standard InChI is InChI=1S/C14H14BrClFNS/c1-7-4-13(19-8(7)2)14(18-3)9-5-11(16)10(15)6-12(9)17/h4-6,14,18H,1-3H3. The Labute approximate surface area is 129 Å². The van der Waals surface area contributed by atoms with Crippen LogP contribution in [0, 0.1) is 19.7 Å². The molecule has 2 rings (SSSR count). The molecule has 1 nitrogen and oxygen atoms in total. The lowest BCUT2D eigenvalue weighted by atomic mass is 10.0. The molecule has 0 aliphatic carbocycles. The fraction of sp³-hybridized carbons (Fsp3) is 0.286. The normalized spacial score (nSPS) is 12.7. The Morgan fingerprint density at radius 3 is 2.53 bits per heavy atom. The van der Waals surface area contributed by atoms with Crippen LogP contribution >= 0.6 is 38.9 Å². The van der Waals surface area contributed by atoms with Crippen molar-refractivity contribution in [3.05, 3.63) is 54.4 Å². The third-order valence-electron chi connectivity index (χ3n) is 3.11. The van der Waals surface area contributed by atoms with Crippen LogP contribution < -0.4 is 5.32 Å². The summed E-state index contributed by atoms with van der Waals surface area (Å²) in [6, 6.07) is 5.00. The molecule has 102 valence electrons. The van der Waals surface area contributed by atoms with Crippen LogP contribution in [0.25, 0.3) is 0 Å². The predicted octanol–water partition coefficient (Wildman–Crippen LogP) is 5.23. The minimum Gasteiger partial charge on any atom is -0.309 e. The number of hydrogen-bond acceptors (Lipinski definition) is 2. The lowest BCUT2D eigenvalue weighted by Gasteiger charge is -2.16. The summed E-state index contributed by atoms with van der Waals surface area (Å²) in [5.41, 5.74) is 1.79. The van der Waals surface area contributed by atoms with Gasteiger partial charge in [-0.15, -0.1) is 11.3 Å². The Bertz CT molecular complexity index is 592. The van der Waals surface area contributed by atoms with Crippen LogP contribution in [-0.4, -0.2) is 7.05 Å². The third kappa shape index (κ3) is 3.02. The van der Waals surface area contributed by atoms with E-state index in [-0.39, 0.29) is 11.9 Å². The quantitative estimate of drug-likeness (QED) is 0.737. The molecule has 0 fully saturated rings. The Morgan fingerprint density at radius 2 is 2.00 bits per heavy atom. The first-order valence-corrected chi connectivity index (χ1v) is 7.81. The summed E-state index contributed by atoms with van der Waals surface area (Å²) >= 11 is 11.0. The van der Waals surface area contributed by atoms with Crippen molar-refractivity contribution in [1.29, 1.82) is 0 Å². The molecule has 0 bridgehead atoms. The van der Waals surface area contributed by atoms with Crippen molar-refractivity contribution in [2.24, 2.45) is 0 Å². The van der Waals surface area contributed by atoms with Crippen LogP contribution in [0.4, 0.5) is 4.39 Å². The second kappa shape index (κ2) is 5.92. The molecule has 0 amide bonds. The van der Waals surface area contributed by atoms with E-state index in [4.69, 9.17) is 11.6 Å². The van der Waals surface area contributed by atoms with Gasteiger partial charge in [-0.3, -0.25) is 0 Å². The van der Waals surface area contributed by atoms with Gasteiger partial charge in [-0.25, -0.2) is 4.39 Å². The van der Waals surface area contributed by atoms with E-state index >= 15 is 0 Å². The molecular weight excluding hydrogens is 349 g/mol. The minimum absolute atomic E-state index is 0.178. The summed E-state index contributed by atoms with van der Waals surface area (Å²) in [6.07, 6.45) is 0. The van der Waals surface area contributed by atoms with Crippen LogP contribution in [0.2, 0.25) is 5.02 Å². The molecule has 0 radical (unpaired) electrons. The molecule has 1 atom stereocenters. The van der Waals surface area contributed by atoms with Crippen molar-refractivity contribution in [2.75, 3.05) is 7.05 Å². The van der Waals surface area contributed by atoms with Crippen LogP contribution in [0.1, 0.15) is 26.9 Å². The highest BCUT2D eigenvalue weighted by Crippen LogP contribution is 2.35. The zero-order valence-electron chi connectivity index (χ0n) is 10.9. The van der Waals surface area contributed by atoms with Crippen LogP contribution in [0.5, 0.6) is 0 Å². The molecule has 0 saturated heterocycles. The molecule has 1 aromatic carbocycles. The Kier molecular flexibility index (Phi) is 4.66. The predicted molar refractivity (Wildman–Crippen MR) is 83.8 cm³/mol. The first-order valence-electron chi connectivity index (χ1n) is 5.82. The average Bonchev–Trinajstić information content (AvgIpc) is 2.67. The van der Waals surface area contributed by atoms with Gasteiger partial charge in [0.05, 0.1) is 11.1 Å². The lowest BCUT2D eigenvalue weighted by Crippen LogP contribution is -2.18. The fourth-order valence-corrected chi connectivity index (χ4v) is 3.61. The molecule has 1 heterocycles. The van der Waals surface area contributed by atoms with E-state index in [1.165, 1.54) is 16.5 Å². The second-order valence-corrected chi connectivity index (χ2v) is 6.95. The summed E-state index contributed by atoms with van der Waals surface area (Å²) in [7, 11) is 1.82. The number of hydrogen-bond donors (Lipinski definition) is 1. The summed E-state index contributed by atoms with van der Waals surface area (Å²) in [4.78, 5) is 2.34. The van der Waals surface area contributed by atoms with Crippen molar-refractivity contribution in [2.45, 2.75) is 19.9 Å². The van der Waals surface area contributed by atoms with Crippen molar-refractivity contribution in [1.82, 2.24) is 5.32 Å². The SMILES string of the molecule is CNC(c1cc(C)c(C)s1)c1cc(Cl)c(Br)cc1F. The van der Waals surface area contributed by atoms with Gasteiger partial charge in [0.2, 0.25) is 0 Å². The summed E-state index contributed by atoms with van der Waals surface area (Å²) in [5, 5.41) is 3.67. The van der Waals surface area contributed by atoms with Crippen LogP contribution in [0.15, 0.2) is 22.7 Å². The molecule has 0 saturated carbocycles. The Hall–Kier alpha value is -0.420. The van der Waals surface area contributed by atoms with Gasteiger partial charge in [-0.05, 0) is 60.6 Å². The van der Waals surface area contributed by atoms with Gasteiger partial charge in [0.1, 0.15) is 5.82 Å². The number of benzene rings is 1. The van der Waals surface area contributed by atoms with Crippen LogP contribution in [-0.2, 0) is 0 Å². The van der Waals surface area contributed by atoms with Gasteiger partial charge >= 0.3 is 0 Å². The van der Waals surface area contributed by atoms with Gasteiger partial charge in [-0.1, -0.05) is 11.6 Å². The maximum Gasteiger partial charge on any atom is 0.129 e. The molecule has 1 aromatic heterocycles. The number of thiophene rings is 1. The van der Waals surface area contributed by atoms with E-state index in [1.807, 2.05) is 7.05 Å². The van der Waals surface area contributed by atoms with Crippen molar-refractivity contribution < 1.29 is 4.39 Å². The zero-order valence-corrected chi connectivity index (χ0v) is 14.0. The molecular formula is C14H14BrClFNS. The molecule has 5 heteroatoms. The minimum atomic E-state index is -0.265. The molecule has 0 aliphatic rings. The van der Waals surface area contributed by atoms with E-state index in [2.05, 4.69) is 41.2 Å². The molecule has 19 heavy (non-hydrogen) atoms. The fourth-order valence-electron chi connectivity index (χ4n) is 1.95. The smallest absolute Gasteiger partial charge is 0.129 e. The van der Waals surface area contributed by atoms with E-state index in [0.29, 0.717) is 15.1 Å². The van der Waals surface area contributed by atoms with Crippen molar-refractivity contribution in [3.63, 3.8) is 0 Å². The maximum atomic E-state index is 14.1. The highest BCUT2D eigenvalue weighted by Gasteiger charge is 2.20. The Morgan fingerprint density at radius 1 is 1.32 bits per heavy atom. The summed E-state index contributed by atoms with van der Waals surface area (Å²) in [5.74, 6) is -0.265. The maximum absolute atomic E-state index is 14.1. The third-order valence-corrected chi connectivity index (χ3v) is 5.52. The zero-order chi connectivity index (χ0) is 14.2. The average molecular weight is 363 g/mol. The number of nitrogens with one attached hydrogen (secondary N) is 1. The summed E-state index contributed by atoms with van der Waals surface area (Å²) in [6.45, 7) is 4.13. The largest absolute Gasteiger partial charge is 0.309 e. The van der Waals surface area contributed by atoms with E-state index in [0.717, 1.165) is 4.88 Å². The second-order valence-electron chi connectivity index (χ2n) is 4.40. The van der Waals surface area contributed by atoms with Gasteiger partial charge in [0.25, 0.3) is 0 Å². The lowest BCUT2D eigenvalue weighted by molar-refractivity contribution is 0.578. The van der Waals surface area contributed by atoms with E-state index in [9.17, 15) is 4.39 Å².